The molecule has 0 aromatic heterocycles. The van der Waals surface area contributed by atoms with Crippen LogP contribution in [0.3, 0.4) is 0 Å². The Morgan fingerprint density at radius 2 is 1.88 bits per heavy atom. The average molecular weight is 342 g/mol. The van der Waals surface area contributed by atoms with Crippen molar-refractivity contribution in [3.05, 3.63) is 34.3 Å². The van der Waals surface area contributed by atoms with Crippen molar-refractivity contribution in [1.82, 2.24) is 10.2 Å². The van der Waals surface area contributed by atoms with Crippen LogP contribution in [0.5, 0.6) is 0 Å². The van der Waals surface area contributed by atoms with Gasteiger partial charge >= 0.3 is 0 Å². The molecule has 0 aliphatic carbocycles. The summed E-state index contributed by atoms with van der Waals surface area (Å²) in [5.41, 5.74) is 1.39. The fourth-order valence-electron chi connectivity index (χ4n) is 2.05. The third-order valence-corrected chi connectivity index (χ3v) is 3.52. The SMILES string of the molecule is C[C@@H](c1cccc(Br)c1)N1CCNCC1.Cl.Cl. The molecule has 1 aliphatic rings. The first-order valence-corrected chi connectivity index (χ1v) is 6.27. The summed E-state index contributed by atoms with van der Waals surface area (Å²) in [6.07, 6.45) is 0. The Hall–Kier alpha value is 0.200. The highest BCUT2D eigenvalue weighted by molar-refractivity contribution is 9.10. The summed E-state index contributed by atoms with van der Waals surface area (Å²) in [6, 6.07) is 9.13. The molecule has 0 unspecified atom stereocenters. The zero-order valence-electron chi connectivity index (χ0n) is 9.86. The van der Waals surface area contributed by atoms with E-state index in [0.29, 0.717) is 6.04 Å². The zero-order chi connectivity index (χ0) is 10.7. The van der Waals surface area contributed by atoms with Gasteiger partial charge in [0.05, 0.1) is 0 Å². The molecule has 17 heavy (non-hydrogen) atoms. The second-order valence-electron chi connectivity index (χ2n) is 4.02. The summed E-state index contributed by atoms with van der Waals surface area (Å²) in [5, 5.41) is 3.38. The summed E-state index contributed by atoms with van der Waals surface area (Å²) in [6.45, 7) is 6.80. The predicted octanol–water partition coefficient (Wildman–Crippen LogP) is 3.26. The lowest BCUT2D eigenvalue weighted by molar-refractivity contribution is 0.185. The van der Waals surface area contributed by atoms with Crippen LogP contribution in [-0.2, 0) is 0 Å². The van der Waals surface area contributed by atoms with Gasteiger partial charge in [0.25, 0.3) is 0 Å². The summed E-state index contributed by atoms with van der Waals surface area (Å²) < 4.78 is 1.17. The fourth-order valence-corrected chi connectivity index (χ4v) is 2.46. The molecule has 2 nitrogen and oxygen atoms in total. The van der Waals surface area contributed by atoms with Crippen LogP contribution in [0.1, 0.15) is 18.5 Å². The van der Waals surface area contributed by atoms with Gasteiger partial charge in [-0.25, -0.2) is 0 Å². The van der Waals surface area contributed by atoms with E-state index in [9.17, 15) is 0 Å². The van der Waals surface area contributed by atoms with E-state index < -0.39 is 0 Å². The van der Waals surface area contributed by atoms with Crippen LogP contribution in [0.15, 0.2) is 28.7 Å². The van der Waals surface area contributed by atoms with Gasteiger partial charge in [-0.15, -0.1) is 24.8 Å². The molecule has 1 heterocycles. The van der Waals surface area contributed by atoms with E-state index in [1.165, 1.54) is 10.0 Å². The van der Waals surface area contributed by atoms with Gasteiger partial charge in [0.2, 0.25) is 0 Å². The summed E-state index contributed by atoms with van der Waals surface area (Å²) in [7, 11) is 0. The number of rotatable bonds is 2. The molecule has 0 amide bonds. The summed E-state index contributed by atoms with van der Waals surface area (Å²) in [5.74, 6) is 0. The molecular formula is C12H19BrCl2N2. The van der Waals surface area contributed by atoms with E-state index in [1.54, 1.807) is 0 Å². The van der Waals surface area contributed by atoms with Crippen LogP contribution in [0.2, 0.25) is 0 Å². The maximum absolute atomic E-state index is 3.52. The number of hydrogen-bond donors (Lipinski definition) is 1. The zero-order valence-corrected chi connectivity index (χ0v) is 13.1. The Balaban J connectivity index is 0.00000128. The molecule has 0 bridgehead atoms. The van der Waals surface area contributed by atoms with Crippen LogP contribution in [0.4, 0.5) is 0 Å². The number of hydrogen-bond acceptors (Lipinski definition) is 2. The van der Waals surface area contributed by atoms with E-state index in [-0.39, 0.29) is 24.8 Å². The summed E-state index contributed by atoms with van der Waals surface area (Å²) >= 11 is 3.52. The highest BCUT2D eigenvalue weighted by atomic mass is 79.9. The molecule has 5 heteroatoms. The molecular weight excluding hydrogens is 323 g/mol. The molecule has 1 aromatic carbocycles. The van der Waals surface area contributed by atoms with Crippen molar-refractivity contribution in [2.75, 3.05) is 26.2 Å². The molecule has 0 radical (unpaired) electrons. The van der Waals surface area contributed by atoms with E-state index in [4.69, 9.17) is 0 Å². The maximum Gasteiger partial charge on any atom is 0.0321 e. The lowest BCUT2D eigenvalue weighted by Gasteiger charge is -2.33. The van der Waals surface area contributed by atoms with Gasteiger partial charge in [0.15, 0.2) is 0 Å². The second kappa shape index (κ2) is 8.33. The van der Waals surface area contributed by atoms with Gasteiger partial charge in [-0.05, 0) is 24.6 Å². The normalized spacial score (nSPS) is 17.8. The Labute approximate surface area is 124 Å². The Morgan fingerprint density at radius 3 is 2.47 bits per heavy atom. The first-order chi connectivity index (χ1) is 7.27. The number of benzene rings is 1. The monoisotopic (exact) mass is 340 g/mol. The number of nitrogens with zero attached hydrogens (tertiary/aromatic N) is 1. The molecule has 1 fully saturated rings. The Morgan fingerprint density at radius 1 is 1.24 bits per heavy atom. The quantitative estimate of drug-likeness (QED) is 0.888. The van der Waals surface area contributed by atoms with Gasteiger partial charge in [0.1, 0.15) is 0 Å². The smallest absolute Gasteiger partial charge is 0.0321 e. The minimum absolute atomic E-state index is 0. The van der Waals surface area contributed by atoms with Crippen molar-refractivity contribution >= 4 is 40.7 Å². The van der Waals surface area contributed by atoms with E-state index >= 15 is 0 Å². The lowest BCUT2D eigenvalue weighted by atomic mass is 10.1. The van der Waals surface area contributed by atoms with Crippen LogP contribution < -0.4 is 5.32 Å². The Kier molecular flexibility index (Phi) is 8.43. The van der Waals surface area contributed by atoms with E-state index in [0.717, 1.165) is 26.2 Å². The molecule has 1 N–H and O–H groups in total. The minimum atomic E-state index is 0. The second-order valence-corrected chi connectivity index (χ2v) is 4.93. The molecule has 98 valence electrons. The summed E-state index contributed by atoms with van der Waals surface area (Å²) in [4.78, 5) is 2.53. The number of piperazine rings is 1. The van der Waals surface area contributed by atoms with Crippen molar-refractivity contribution in [3.8, 4) is 0 Å². The molecule has 0 saturated carbocycles. The largest absolute Gasteiger partial charge is 0.314 e. The number of nitrogens with one attached hydrogen (secondary N) is 1. The van der Waals surface area contributed by atoms with Crippen LogP contribution in [0.25, 0.3) is 0 Å². The van der Waals surface area contributed by atoms with Gasteiger partial charge in [-0.3, -0.25) is 4.90 Å². The highest BCUT2D eigenvalue weighted by Crippen LogP contribution is 2.23. The van der Waals surface area contributed by atoms with Crippen LogP contribution >= 0.6 is 40.7 Å². The molecule has 2 rings (SSSR count). The average Bonchev–Trinajstić information content (AvgIpc) is 2.29. The van der Waals surface area contributed by atoms with Gasteiger partial charge in [0, 0.05) is 36.7 Å². The van der Waals surface area contributed by atoms with Crippen molar-refractivity contribution in [1.29, 1.82) is 0 Å². The van der Waals surface area contributed by atoms with E-state index in [1.807, 2.05) is 0 Å². The molecule has 0 spiro atoms. The molecule has 1 aliphatic heterocycles. The van der Waals surface area contributed by atoms with Crippen molar-refractivity contribution < 1.29 is 0 Å². The van der Waals surface area contributed by atoms with Crippen molar-refractivity contribution in [2.24, 2.45) is 0 Å². The molecule has 1 aromatic rings. The van der Waals surface area contributed by atoms with Crippen molar-refractivity contribution in [2.45, 2.75) is 13.0 Å². The lowest BCUT2D eigenvalue weighted by Crippen LogP contribution is -2.44. The van der Waals surface area contributed by atoms with Gasteiger partial charge in [-0.1, -0.05) is 28.1 Å². The molecule has 1 saturated heterocycles. The first-order valence-electron chi connectivity index (χ1n) is 5.47. The Bertz CT molecular complexity index is 330. The van der Waals surface area contributed by atoms with Crippen molar-refractivity contribution in [3.63, 3.8) is 0 Å². The maximum atomic E-state index is 3.52. The topological polar surface area (TPSA) is 15.3 Å². The van der Waals surface area contributed by atoms with Gasteiger partial charge < -0.3 is 5.32 Å². The molecule has 1 atom stereocenters. The predicted molar refractivity (Wildman–Crippen MR) is 81.5 cm³/mol. The highest BCUT2D eigenvalue weighted by Gasteiger charge is 2.17. The third kappa shape index (κ3) is 4.76. The standard InChI is InChI=1S/C12H17BrN2.2ClH/c1-10(15-7-5-14-6-8-15)11-3-2-4-12(13)9-11;;/h2-4,9-10,14H,5-8H2,1H3;2*1H/t10-;;/m0../s1. The number of halogens is 3. The first kappa shape index (κ1) is 17.2. The van der Waals surface area contributed by atoms with E-state index in [2.05, 4.69) is 57.3 Å². The fraction of sp³-hybridized carbons (Fsp3) is 0.500. The van der Waals surface area contributed by atoms with Crippen LogP contribution in [0, 0.1) is 0 Å². The van der Waals surface area contributed by atoms with Crippen LogP contribution in [-0.4, -0.2) is 31.1 Å². The minimum Gasteiger partial charge on any atom is -0.314 e. The van der Waals surface area contributed by atoms with Gasteiger partial charge in [-0.2, -0.15) is 0 Å². The third-order valence-electron chi connectivity index (χ3n) is 3.03.